The highest BCUT2D eigenvalue weighted by molar-refractivity contribution is 5.93. The van der Waals surface area contributed by atoms with Crippen molar-refractivity contribution in [3.8, 4) is 11.1 Å². The first kappa shape index (κ1) is 14.8. The van der Waals surface area contributed by atoms with Gasteiger partial charge in [-0.05, 0) is 42.2 Å². The molecule has 1 aliphatic heterocycles. The van der Waals surface area contributed by atoms with Crippen molar-refractivity contribution in [1.82, 2.24) is 15.3 Å². The summed E-state index contributed by atoms with van der Waals surface area (Å²) < 4.78 is 0. The number of amides is 2. The molecular weight excluding hydrogens is 300 g/mol. The molecule has 4 rings (SSSR count). The molecule has 24 heavy (non-hydrogen) atoms. The summed E-state index contributed by atoms with van der Waals surface area (Å²) in [6, 6.07) is 10.2. The van der Waals surface area contributed by atoms with E-state index in [4.69, 9.17) is 0 Å². The summed E-state index contributed by atoms with van der Waals surface area (Å²) >= 11 is 0. The number of rotatable bonds is 3. The number of nitrogens with one attached hydrogen (secondary N) is 2. The first-order valence-corrected chi connectivity index (χ1v) is 8.38. The van der Waals surface area contributed by atoms with E-state index in [1.165, 1.54) is 5.56 Å². The monoisotopic (exact) mass is 320 g/mol. The summed E-state index contributed by atoms with van der Waals surface area (Å²) in [5.41, 5.74) is 5.25. The highest BCUT2D eigenvalue weighted by Gasteiger charge is 2.19. The van der Waals surface area contributed by atoms with Crippen LogP contribution in [-0.2, 0) is 6.42 Å². The van der Waals surface area contributed by atoms with Crippen molar-refractivity contribution in [2.75, 3.05) is 18.0 Å². The third-order valence-corrected chi connectivity index (χ3v) is 4.57. The van der Waals surface area contributed by atoms with E-state index in [0.717, 1.165) is 53.8 Å². The Morgan fingerprint density at radius 1 is 1.25 bits per heavy atom. The quantitative estimate of drug-likeness (QED) is 0.773. The average molecular weight is 320 g/mol. The molecule has 122 valence electrons. The normalized spacial score (nSPS) is 14.9. The number of benzene rings is 1. The van der Waals surface area contributed by atoms with E-state index in [1.54, 1.807) is 4.90 Å². The van der Waals surface area contributed by atoms with Gasteiger partial charge in [-0.3, -0.25) is 4.90 Å². The number of aryl methyl sites for hydroxylation is 1. The Kier molecular flexibility index (Phi) is 3.69. The lowest BCUT2D eigenvalue weighted by Crippen LogP contribution is -2.46. The molecule has 1 saturated heterocycles. The number of nitrogens with zero attached hydrogens (tertiary/aromatic N) is 2. The molecule has 0 spiro atoms. The van der Waals surface area contributed by atoms with Crippen LogP contribution in [0.15, 0.2) is 42.7 Å². The van der Waals surface area contributed by atoms with Crippen LogP contribution in [0.1, 0.15) is 18.9 Å². The summed E-state index contributed by atoms with van der Waals surface area (Å²) in [6.07, 6.45) is 5.84. The second-order valence-electron chi connectivity index (χ2n) is 6.08. The van der Waals surface area contributed by atoms with Crippen molar-refractivity contribution >= 4 is 22.8 Å². The maximum Gasteiger partial charge on any atom is 0.321 e. The van der Waals surface area contributed by atoms with E-state index in [9.17, 15) is 4.79 Å². The molecule has 2 N–H and O–H groups in total. The fourth-order valence-corrected chi connectivity index (χ4v) is 3.24. The Hall–Kier alpha value is -2.82. The van der Waals surface area contributed by atoms with Crippen LogP contribution in [0, 0.1) is 0 Å². The molecule has 0 bridgehead atoms. The Morgan fingerprint density at radius 2 is 2.17 bits per heavy atom. The van der Waals surface area contributed by atoms with E-state index in [1.807, 2.05) is 24.5 Å². The number of aromatic nitrogens is 2. The van der Waals surface area contributed by atoms with Gasteiger partial charge in [0, 0.05) is 42.1 Å². The maximum absolute atomic E-state index is 12.1. The van der Waals surface area contributed by atoms with Gasteiger partial charge in [-0.1, -0.05) is 19.1 Å². The molecule has 3 heterocycles. The Balaban J connectivity index is 1.74. The number of hydrogen-bond donors (Lipinski definition) is 2. The molecule has 1 fully saturated rings. The average Bonchev–Trinajstić information content (AvgIpc) is 3.04. The fraction of sp³-hybridized carbons (Fsp3) is 0.263. The van der Waals surface area contributed by atoms with Crippen LogP contribution in [0.4, 0.5) is 10.5 Å². The van der Waals surface area contributed by atoms with Gasteiger partial charge in [0.1, 0.15) is 5.65 Å². The van der Waals surface area contributed by atoms with Gasteiger partial charge >= 0.3 is 6.03 Å². The predicted molar refractivity (Wildman–Crippen MR) is 96.3 cm³/mol. The number of H-pyrrole nitrogens is 1. The number of fused-ring (bicyclic) bond motifs is 1. The van der Waals surface area contributed by atoms with Crippen molar-refractivity contribution in [3.05, 3.63) is 48.3 Å². The van der Waals surface area contributed by atoms with Crippen molar-refractivity contribution in [2.45, 2.75) is 19.8 Å². The number of aromatic amines is 1. The minimum Gasteiger partial charge on any atom is -0.346 e. The molecule has 3 aromatic rings. The Labute approximate surface area is 140 Å². The van der Waals surface area contributed by atoms with Gasteiger partial charge in [0.05, 0.1) is 0 Å². The van der Waals surface area contributed by atoms with Crippen LogP contribution in [0.5, 0.6) is 0 Å². The van der Waals surface area contributed by atoms with Gasteiger partial charge < -0.3 is 10.3 Å². The van der Waals surface area contributed by atoms with Crippen LogP contribution in [0.3, 0.4) is 0 Å². The van der Waals surface area contributed by atoms with Gasteiger partial charge in [0.15, 0.2) is 0 Å². The lowest BCUT2D eigenvalue weighted by molar-refractivity contribution is 0.243. The highest BCUT2D eigenvalue weighted by atomic mass is 16.2. The summed E-state index contributed by atoms with van der Waals surface area (Å²) in [5, 5.41) is 4.06. The van der Waals surface area contributed by atoms with E-state index < -0.39 is 0 Å². The molecule has 2 aromatic heterocycles. The second-order valence-corrected chi connectivity index (χ2v) is 6.08. The van der Waals surface area contributed by atoms with Crippen molar-refractivity contribution in [2.24, 2.45) is 0 Å². The van der Waals surface area contributed by atoms with Crippen LogP contribution in [0.2, 0.25) is 0 Å². The van der Waals surface area contributed by atoms with E-state index in [-0.39, 0.29) is 6.03 Å². The molecule has 0 saturated carbocycles. The minimum atomic E-state index is -0.0223. The summed E-state index contributed by atoms with van der Waals surface area (Å²) in [4.78, 5) is 21.6. The zero-order valence-corrected chi connectivity index (χ0v) is 13.7. The van der Waals surface area contributed by atoms with E-state index in [0.29, 0.717) is 0 Å². The van der Waals surface area contributed by atoms with Gasteiger partial charge in [-0.2, -0.15) is 0 Å². The van der Waals surface area contributed by atoms with Gasteiger partial charge in [0.2, 0.25) is 0 Å². The molecule has 1 aliphatic rings. The topological polar surface area (TPSA) is 61.0 Å². The first-order valence-electron chi connectivity index (χ1n) is 8.38. The number of carbonyl (C=O) groups is 1. The molecule has 5 heteroatoms. The maximum atomic E-state index is 12.1. The summed E-state index contributed by atoms with van der Waals surface area (Å²) in [6.45, 7) is 3.65. The van der Waals surface area contributed by atoms with Crippen LogP contribution >= 0.6 is 0 Å². The van der Waals surface area contributed by atoms with Gasteiger partial charge in [-0.15, -0.1) is 0 Å². The molecule has 0 radical (unpaired) electrons. The SMILES string of the molecule is CCc1c[nH]c2ncc(-c3cccc(N4CCCNC4=O)c3)cc12. The minimum absolute atomic E-state index is 0.0223. The number of urea groups is 1. The van der Waals surface area contributed by atoms with Crippen molar-refractivity contribution in [1.29, 1.82) is 0 Å². The fourth-order valence-electron chi connectivity index (χ4n) is 3.24. The van der Waals surface area contributed by atoms with E-state index >= 15 is 0 Å². The number of pyridine rings is 1. The van der Waals surface area contributed by atoms with Gasteiger partial charge in [0.25, 0.3) is 0 Å². The van der Waals surface area contributed by atoms with Gasteiger partial charge in [-0.25, -0.2) is 9.78 Å². The molecule has 5 nitrogen and oxygen atoms in total. The first-order chi connectivity index (χ1) is 11.8. The largest absolute Gasteiger partial charge is 0.346 e. The van der Waals surface area contributed by atoms with Crippen molar-refractivity contribution < 1.29 is 4.79 Å². The number of carbonyl (C=O) groups excluding carboxylic acids is 1. The third-order valence-electron chi connectivity index (χ3n) is 4.57. The third kappa shape index (κ3) is 2.52. The molecule has 2 amide bonds. The summed E-state index contributed by atoms with van der Waals surface area (Å²) in [5.74, 6) is 0. The Bertz CT molecular complexity index is 899. The van der Waals surface area contributed by atoms with Crippen LogP contribution in [0.25, 0.3) is 22.2 Å². The zero-order chi connectivity index (χ0) is 16.5. The molecule has 0 aliphatic carbocycles. The Morgan fingerprint density at radius 3 is 3.00 bits per heavy atom. The van der Waals surface area contributed by atoms with Crippen LogP contribution in [-0.4, -0.2) is 29.1 Å². The standard InChI is InChI=1S/C19H20N4O/c1-2-13-11-21-18-17(13)10-15(12-22-18)14-5-3-6-16(9-14)23-8-4-7-20-19(23)24/h3,5-6,9-12H,2,4,7-8H2,1H3,(H,20,24)(H,21,22). The smallest absolute Gasteiger partial charge is 0.321 e. The van der Waals surface area contributed by atoms with E-state index in [2.05, 4.69) is 40.4 Å². The lowest BCUT2D eigenvalue weighted by Gasteiger charge is -2.27. The molecular formula is C19H20N4O. The molecule has 0 atom stereocenters. The number of anilines is 1. The highest BCUT2D eigenvalue weighted by Crippen LogP contribution is 2.28. The number of hydrogen-bond acceptors (Lipinski definition) is 2. The van der Waals surface area contributed by atoms with Crippen LogP contribution < -0.4 is 10.2 Å². The predicted octanol–water partition coefficient (Wildman–Crippen LogP) is 3.71. The molecule has 0 unspecified atom stereocenters. The zero-order valence-electron chi connectivity index (χ0n) is 13.7. The van der Waals surface area contributed by atoms with Crippen molar-refractivity contribution in [3.63, 3.8) is 0 Å². The molecule has 1 aromatic carbocycles. The summed E-state index contributed by atoms with van der Waals surface area (Å²) in [7, 11) is 0. The lowest BCUT2D eigenvalue weighted by atomic mass is 10.0. The second kappa shape index (κ2) is 6.00.